The van der Waals surface area contributed by atoms with Crippen LogP contribution in [0.25, 0.3) is 6.08 Å². The van der Waals surface area contributed by atoms with Gasteiger partial charge in [0.15, 0.2) is 15.8 Å². The van der Waals surface area contributed by atoms with E-state index >= 15 is 0 Å². The van der Waals surface area contributed by atoms with E-state index in [1.54, 1.807) is 60.7 Å². The van der Waals surface area contributed by atoms with Gasteiger partial charge in [0.2, 0.25) is 0 Å². The van der Waals surface area contributed by atoms with Crippen LogP contribution in [0.15, 0.2) is 71.6 Å². The summed E-state index contributed by atoms with van der Waals surface area (Å²) >= 11 is 6.39. The van der Waals surface area contributed by atoms with Crippen molar-refractivity contribution in [3.63, 3.8) is 0 Å². The highest BCUT2D eigenvalue weighted by Crippen LogP contribution is 2.34. The van der Waals surface area contributed by atoms with E-state index in [1.807, 2.05) is 6.92 Å². The third-order valence-electron chi connectivity index (χ3n) is 5.47. The third-order valence-corrected chi connectivity index (χ3v) is 6.77. The van der Waals surface area contributed by atoms with Gasteiger partial charge in [-0.2, -0.15) is 5.01 Å². The molecule has 0 spiro atoms. The fourth-order valence-corrected chi connectivity index (χ4v) is 4.68. The summed E-state index contributed by atoms with van der Waals surface area (Å²) in [5, 5.41) is 11.9. The largest absolute Gasteiger partial charge is 0.497 e. The van der Waals surface area contributed by atoms with Crippen LogP contribution in [0.3, 0.4) is 0 Å². The van der Waals surface area contributed by atoms with E-state index in [4.69, 9.17) is 26.4 Å². The second kappa shape index (κ2) is 12.4. The zero-order chi connectivity index (χ0) is 27.9. The highest BCUT2D eigenvalue weighted by Gasteiger charge is 2.34. The molecule has 0 radical (unpaired) electrons. The Labute approximate surface area is 233 Å². The number of thiocarbonyl (C=S) groups is 1. The first-order valence-corrected chi connectivity index (χ1v) is 12.9. The fraction of sp³-hybridized carbons (Fsp3) is 0.148. The van der Waals surface area contributed by atoms with E-state index in [9.17, 15) is 19.7 Å². The Morgan fingerprint density at radius 3 is 2.44 bits per heavy atom. The summed E-state index contributed by atoms with van der Waals surface area (Å²) in [6, 6.07) is 17.8. The van der Waals surface area contributed by atoms with Gasteiger partial charge in [-0.3, -0.25) is 25.1 Å². The van der Waals surface area contributed by atoms with Crippen molar-refractivity contribution >= 4 is 51.9 Å². The number of hydrazine groups is 1. The van der Waals surface area contributed by atoms with Gasteiger partial charge in [0.05, 0.1) is 23.5 Å². The Hall–Kier alpha value is -4.42. The number of carbonyl (C=O) groups excluding carboxylic acids is 2. The zero-order valence-electron chi connectivity index (χ0n) is 20.9. The molecule has 1 heterocycles. The second-order valence-corrected chi connectivity index (χ2v) is 9.71. The van der Waals surface area contributed by atoms with Crippen molar-refractivity contribution in [2.75, 3.05) is 13.7 Å². The normalized spacial score (nSPS) is 13.9. The monoisotopic (exact) mass is 565 g/mol. The Balaban J connectivity index is 1.45. The highest BCUT2D eigenvalue weighted by atomic mass is 32.2. The van der Waals surface area contributed by atoms with Crippen LogP contribution >= 0.6 is 24.0 Å². The van der Waals surface area contributed by atoms with E-state index in [2.05, 4.69) is 5.43 Å². The number of nitrogens with one attached hydrogen (secondary N) is 1. The van der Waals surface area contributed by atoms with Gasteiger partial charge in [0.1, 0.15) is 12.4 Å². The first kappa shape index (κ1) is 27.6. The Bertz CT molecular complexity index is 1440. The number of non-ortho nitro benzene ring substituents is 1. The summed E-state index contributed by atoms with van der Waals surface area (Å²) in [6.07, 6.45) is 1.65. The Morgan fingerprint density at radius 2 is 1.79 bits per heavy atom. The molecule has 1 fully saturated rings. The molecule has 1 aliphatic heterocycles. The maximum Gasteiger partial charge on any atom is 0.285 e. The lowest BCUT2D eigenvalue weighted by Crippen LogP contribution is -2.44. The summed E-state index contributed by atoms with van der Waals surface area (Å²) in [5.74, 6) is 0.615. The van der Waals surface area contributed by atoms with Gasteiger partial charge in [-0.05, 0) is 84.9 Å². The maximum atomic E-state index is 13.0. The second-order valence-electron chi connectivity index (χ2n) is 8.04. The maximum absolute atomic E-state index is 13.0. The van der Waals surface area contributed by atoms with Crippen molar-refractivity contribution in [1.29, 1.82) is 0 Å². The standard InChI is InChI=1S/C27H23N3O7S2/c1-3-36-23-14-18(6-13-22(23)37-16-17-4-9-20(10-5-17)30(33)34)15-24-26(32)29(27(38)39-24)28-25(31)19-7-11-21(35-2)12-8-19/h4-15H,3,16H2,1-2H3,(H,28,31)/b24-15+. The molecule has 3 aromatic rings. The lowest BCUT2D eigenvalue weighted by molar-refractivity contribution is -0.384. The van der Waals surface area contributed by atoms with E-state index in [0.717, 1.165) is 22.3 Å². The van der Waals surface area contributed by atoms with Gasteiger partial charge < -0.3 is 14.2 Å². The van der Waals surface area contributed by atoms with Crippen molar-refractivity contribution in [3.8, 4) is 17.2 Å². The van der Waals surface area contributed by atoms with Crippen LogP contribution in [0.4, 0.5) is 5.69 Å². The lowest BCUT2D eigenvalue weighted by atomic mass is 10.1. The van der Waals surface area contributed by atoms with Crippen LogP contribution < -0.4 is 19.6 Å². The number of rotatable bonds is 10. The predicted molar refractivity (Wildman–Crippen MR) is 151 cm³/mol. The molecule has 0 aliphatic carbocycles. The van der Waals surface area contributed by atoms with Gasteiger partial charge in [-0.15, -0.1) is 0 Å². The number of nitro benzene ring substituents is 1. The van der Waals surface area contributed by atoms with Crippen LogP contribution in [-0.2, 0) is 11.4 Å². The minimum Gasteiger partial charge on any atom is -0.497 e. The molecule has 0 unspecified atom stereocenters. The van der Waals surface area contributed by atoms with Crippen LogP contribution in [0.5, 0.6) is 17.2 Å². The molecule has 1 aliphatic rings. The number of carbonyl (C=O) groups is 2. The van der Waals surface area contributed by atoms with E-state index in [1.165, 1.54) is 19.2 Å². The molecule has 0 aromatic heterocycles. The van der Waals surface area contributed by atoms with Crippen molar-refractivity contribution in [1.82, 2.24) is 10.4 Å². The molecule has 200 valence electrons. The molecule has 2 amide bonds. The van der Waals surface area contributed by atoms with Crippen LogP contribution in [0.1, 0.15) is 28.4 Å². The van der Waals surface area contributed by atoms with Crippen molar-refractivity contribution in [3.05, 3.63) is 98.4 Å². The molecule has 3 aromatic carbocycles. The average Bonchev–Trinajstić information content (AvgIpc) is 3.20. The molecular weight excluding hydrogens is 542 g/mol. The summed E-state index contributed by atoms with van der Waals surface area (Å²) < 4.78 is 16.9. The minimum absolute atomic E-state index is 0.00354. The van der Waals surface area contributed by atoms with Crippen LogP contribution in [-0.4, -0.2) is 39.8 Å². The number of nitrogens with zero attached hydrogens (tertiary/aromatic N) is 2. The number of thioether (sulfide) groups is 1. The summed E-state index contributed by atoms with van der Waals surface area (Å²) in [7, 11) is 1.53. The Kier molecular flexibility index (Phi) is 8.79. The van der Waals surface area contributed by atoms with Crippen molar-refractivity contribution in [2.45, 2.75) is 13.5 Å². The first-order valence-electron chi connectivity index (χ1n) is 11.6. The van der Waals surface area contributed by atoms with E-state index in [0.29, 0.717) is 39.9 Å². The number of nitro groups is 1. The highest BCUT2D eigenvalue weighted by molar-refractivity contribution is 8.26. The van der Waals surface area contributed by atoms with E-state index < -0.39 is 16.7 Å². The molecule has 10 nitrogen and oxygen atoms in total. The fourth-order valence-electron chi connectivity index (χ4n) is 3.50. The Morgan fingerprint density at radius 1 is 1.08 bits per heavy atom. The quantitative estimate of drug-likeness (QED) is 0.154. The summed E-state index contributed by atoms with van der Waals surface area (Å²) in [4.78, 5) is 36.3. The van der Waals surface area contributed by atoms with Gasteiger partial charge >= 0.3 is 0 Å². The number of amides is 2. The third kappa shape index (κ3) is 6.72. The number of ether oxygens (including phenoxy) is 3. The van der Waals surface area contributed by atoms with Gasteiger partial charge in [-0.1, -0.05) is 17.8 Å². The van der Waals surface area contributed by atoms with Crippen molar-refractivity contribution < 1.29 is 28.7 Å². The molecule has 0 atom stereocenters. The van der Waals surface area contributed by atoms with Crippen LogP contribution in [0.2, 0.25) is 0 Å². The molecule has 0 bridgehead atoms. The molecule has 12 heteroatoms. The van der Waals surface area contributed by atoms with Crippen LogP contribution in [0, 0.1) is 10.1 Å². The average molecular weight is 566 g/mol. The number of hydrogen-bond donors (Lipinski definition) is 1. The number of benzene rings is 3. The molecule has 39 heavy (non-hydrogen) atoms. The SMILES string of the molecule is CCOc1cc(/C=C2/SC(=S)N(NC(=O)c3ccc(OC)cc3)C2=O)ccc1OCc1ccc([N+](=O)[O-])cc1. The zero-order valence-corrected chi connectivity index (χ0v) is 22.5. The summed E-state index contributed by atoms with van der Waals surface area (Å²) in [6.45, 7) is 2.41. The van der Waals surface area contributed by atoms with Gasteiger partial charge in [0.25, 0.3) is 17.5 Å². The van der Waals surface area contributed by atoms with E-state index in [-0.39, 0.29) is 16.6 Å². The van der Waals surface area contributed by atoms with Gasteiger partial charge in [-0.25, -0.2) is 0 Å². The molecular formula is C27H23N3O7S2. The molecule has 4 rings (SSSR count). The topological polar surface area (TPSA) is 120 Å². The number of methoxy groups -OCH3 is 1. The summed E-state index contributed by atoms with van der Waals surface area (Å²) in [5.41, 5.74) is 4.33. The number of hydrogen-bond acceptors (Lipinski definition) is 9. The van der Waals surface area contributed by atoms with Crippen molar-refractivity contribution in [2.24, 2.45) is 0 Å². The minimum atomic E-state index is -0.483. The van der Waals surface area contributed by atoms with Gasteiger partial charge in [0, 0.05) is 17.7 Å². The lowest BCUT2D eigenvalue weighted by Gasteiger charge is -2.15. The molecule has 0 saturated carbocycles. The smallest absolute Gasteiger partial charge is 0.285 e. The predicted octanol–water partition coefficient (Wildman–Crippen LogP) is 5.13. The first-order chi connectivity index (χ1) is 18.8. The molecule has 1 saturated heterocycles. The molecule has 1 N–H and O–H groups in total.